The molecule has 0 spiro atoms. The van der Waals surface area contributed by atoms with Gasteiger partial charge in [0.25, 0.3) is 0 Å². The van der Waals surface area contributed by atoms with Crippen LogP contribution in [0.3, 0.4) is 0 Å². The van der Waals surface area contributed by atoms with E-state index in [4.69, 9.17) is 0 Å². The number of hydrogen-bond acceptors (Lipinski definition) is 2. The number of rotatable bonds is 12. The molecular weight excluding hydrogens is 390 g/mol. The number of piperidine rings is 1. The Morgan fingerprint density at radius 1 is 0.719 bits per heavy atom. The van der Waals surface area contributed by atoms with Gasteiger partial charge in [-0.2, -0.15) is 0 Å². The zero-order chi connectivity index (χ0) is 22.8. The van der Waals surface area contributed by atoms with Gasteiger partial charge in [0.15, 0.2) is 0 Å². The molecule has 0 amide bonds. The Morgan fingerprint density at radius 3 is 1.81 bits per heavy atom. The molecule has 176 valence electrons. The summed E-state index contributed by atoms with van der Waals surface area (Å²) < 4.78 is 0. The zero-order valence-corrected chi connectivity index (χ0v) is 20.6. The largest absolute Gasteiger partial charge is 0.389 e. The molecule has 1 heterocycles. The molecule has 1 aliphatic rings. The quantitative estimate of drug-likeness (QED) is 0.331. The summed E-state index contributed by atoms with van der Waals surface area (Å²) in [6.45, 7) is 6.80. The highest BCUT2D eigenvalue weighted by molar-refractivity contribution is 5.28. The lowest BCUT2D eigenvalue weighted by Crippen LogP contribution is -2.58. The van der Waals surface area contributed by atoms with E-state index >= 15 is 0 Å². The predicted octanol–water partition coefficient (Wildman–Crippen LogP) is 8.00. The highest BCUT2D eigenvalue weighted by Gasteiger charge is 2.52. The van der Waals surface area contributed by atoms with Crippen LogP contribution in [-0.2, 0) is 0 Å². The number of benzene rings is 2. The molecule has 5 atom stereocenters. The Kier molecular flexibility index (Phi) is 9.81. The van der Waals surface area contributed by atoms with E-state index in [1.165, 1.54) is 49.7 Å². The monoisotopic (exact) mass is 435 g/mol. The maximum Gasteiger partial charge on any atom is 0.0737 e. The Labute approximate surface area is 196 Å². The topological polar surface area (TPSA) is 32.3 Å². The second-order valence-corrected chi connectivity index (χ2v) is 9.99. The smallest absolute Gasteiger partial charge is 0.0737 e. The Balaban J connectivity index is 1.84. The second kappa shape index (κ2) is 12.6. The van der Waals surface area contributed by atoms with Crippen molar-refractivity contribution in [3.63, 3.8) is 0 Å². The lowest BCUT2D eigenvalue weighted by molar-refractivity contribution is -0.126. The van der Waals surface area contributed by atoms with Crippen molar-refractivity contribution in [2.75, 3.05) is 0 Å². The summed E-state index contributed by atoms with van der Waals surface area (Å²) in [5, 5.41) is 16.4. The van der Waals surface area contributed by atoms with Gasteiger partial charge in [-0.25, -0.2) is 0 Å². The molecule has 1 saturated heterocycles. The van der Waals surface area contributed by atoms with Crippen molar-refractivity contribution < 1.29 is 5.11 Å². The van der Waals surface area contributed by atoms with Crippen LogP contribution < -0.4 is 5.32 Å². The maximum absolute atomic E-state index is 12.4. The molecule has 0 aromatic heterocycles. The van der Waals surface area contributed by atoms with Crippen LogP contribution in [-0.4, -0.2) is 10.7 Å². The molecule has 32 heavy (non-hydrogen) atoms. The number of aliphatic hydroxyl groups is 1. The summed E-state index contributed by atoms with van der Waals surface area (Å²) in [7, 11) is 0. The van der Waals surface area contributed by atoms with Gasteiger partial charge >= 0.3 is 0 Å². The summed E-state index contributed by atoms with van der Waals surface area (Å²) in [6, 6.07) is 21.9. The minimum atomic E-state index is -0.661. The van der Waals surface area contributed by atoms with E-state index in [2.05, 4.69) is 86.8 Å². The molecule has 0 aliphatic carbocycles. The summed E-state index contributed by atoms with van der Waals surface area (Å²) in [6.07, 6.45) is 12.0. The second-order valence-electron chi connectivity index (χ2n) is 9.99. The van der Waals surface area contributed by atoms with Gasteiger partial charge in [-0.05, 0) is 24.0 Å². The first-order valence-corrected chi connectivity index (χ1v) is 13.2. The van der Waals surface area contributed by atoms with Crippen molar-refractivity contribution in [3.8, 4) is 0 Å². The van der Waals surface area contributed by atoms with Crippen LogP contribution in [0.5, 0.6) is 0 Å². The normalized spacial score (nSPS) is 28.0. The summed E-state index contributed by atoms with van der Waals surface area (Å²) in [4.78, 5) is 0. The van der Waals surface area contributed by atoms with Gasteiger partial charge in [0.1, 0.15) is 0 Å². The van der Waals surface area contributed by atoms with Crippen LogP contribution >= 0.6 is 0 Å². The first-order chi connectivity index (χ1) is 15.6. The summed E-state index contributed by atoms with van der Waals surface area (Å²) >= 11 is 0. The van der Waals surface area contributed by atoms with Crippen LogP contribution in [0, 0.1) is 11.8 Å². The fraction of sp³-hybridized carbons (Fsp3) is 0.600. The molecular formula is C30H45NO. The van der Waals surface area contributed by atoms with E-state index in [1.54, 1.807) is 0 Å². The molecule has 1 aliphatic heterocycles. The summed E-state index contributed by atoms with van der Waals surface area (Å²) in [5.41, 5.74) is 1.93. The fourth-order valence-corrected chi connectivity index (χ4v) is 5.91. The first kappa shape index (κ1) is 25.0. The Hall–Kier alpha value is -1.64. The number of nitrogens with one attached hydrogen (secondary N) is 1. The van der Waals surface area contributed by atoms with Gasteiger partial charge in [0.05, 0.1) is 5.60 Å². The van der Waals surface area contributed by atoms with E-state index in [9.17, 15) is 5.11 Å². The third kappa shape index (κ3) is 6.02. The van der Waals surface area contributed by atoms with Crippen LogP contribution in [0.15, 0.2) is 60.7 Å². The van der Waals surface area contributed by atoms with Crippen molar-refractivity contribution in [1.82, 2.24) is 5.32 Å². The number of unbranched alkanes of at least 4 members (excludes halogenated alkanes) is 6. The molecule has 0 saturated carbocycles. The standard InChI is InChI=1S/C30H45NO/c1-4-6-7-8-9-10-17-23-30(32)24(3)28(25-19-13-11-14-20-25)31-29(27(30)18-5-2)26-21-15-12-16-22-26/h11-16,19-22,24,27-29,31-32H,4-10,17-18,23H2,1-3H3/t24-,27+,28-,29-,30+/m1/s1. The van der Waals surface area contributed by atoms with Crippen LogP contribution in [0.4, 0.5) is 0 Å². The molecule has 3 rings (SSSR count). The van der Waals surface area contributed by atoms with E-state index in [0.717, 1.165) is 25.7 Å². The molecule has 2 N–H and O–H groups in total. The van der Waals surface area contributed by atoms with Gasteiger partial charge < -0.3 is 10.4 Å². The van der Waals surface area contributed by atoms with E-state index in [1.807, 2.05) is 0 Å². The molecule has 0 radical (unpaired) electrons. The summed E-state index contributed by atoms with van der Waals surface area (Å²) in [5.74, 6) is 0.395. The molecule has 2 heteroatoms. The van der Waals surface area contributed by atoms with E-state index in [-0.39, 0.29) is 23.9 Å². The maximum atomic E-state index is 12.4. The predicted molar refractivity (Wildman–Crippen MR) is 137 cm³/mol. The van der Waals surface area contributed by atoms with Crippen molar-refractivity contribution >= 4 is 0 Å². The van der Waals surface area contributed by atoms with Crippen LogP contribution in [0.2, 0.25) is 0 Å². The lowest BCUT2D eigenvalue weighted by atomic mass is 9.62. The third-order valence-electron chi connectivity index (χ3n) is 7.79. The molecule has 1 fully saturated rings. The van der Waals surface area contributed by atoms with Crippen molar-refractivity contribution in [2.24, 2.45) is 11.8 Å². The van der Waals surface area contributed by atoms with Gasteiger partial charge in [-0.1, -0.05) is 133 Å². The van der Waals surface area contributed by atoms with Gasteiger partial charge in [-0.3, -0.25) is 0 Å². The highest BCUT2D eigenvalue weighted by Crippen LogP contribution is 2.50. The van der Waals surface area contributed by atoms with E-state index < -0.39 is 5.60 Å². The minimum Gasteiger partial charge on any atom is -0.389 e. The van der Waals surface area contributed by atoms with Gasteiger partial charge in [0.2, 0.25) is 0 Å². The van der Waals surface area contributed by atoms with Gasteiger partial charge in [-0.15, -0.1) is 0 Å². The molecule has 0 bridgehead atoms. The van der Waals surface area contributed by atoms with E-state index in [0.29, 0.717) is 0 Å². The molecule has 2 aromatic carbocycles. The van der Waals surface area contributed by atoms with Gasteiger partial charge in [0, 0.05) is 23.9 Å². The average Bonchev–Trinajstić information content (AvgIpc) is 2.83. The van der Waals surface area contributed by atoms with Crippen LogP contribution in [0.1, 0.15) is 108 Å². The third-order valence-corrected chi connectivity index (χ3v) is 7.79. The number of hydrogen-bond donors (Lipinski definition) is 2. The highest BCUT2D eigenvalue weighted by atomic mass is 16.3. The Bertz CT molecular complexity index is 761. The van der Waals surface area contributed by atoms with Crippen LogP contribution in [0.25, 0.3) is 0 Å². The zero-order valence-electron chi connectivity index (χ0n) is 20.6. The van der Waals surface area contributed by atoms with Crippen molar-refractivity contribution in [2.45, 2.75) is 103 Å². The van der Waals surface area contributed by atoms with Crippen molar-refractivity contribution in [1.29, 1.82) is 0 Å². The van der Waals surface area contributed by atoms with Crippen molar-refractivity contribution in [3.05, 3.63) is 71.8 Å². The SMILES string of the molecule is CCCCCCCCC[C@]1(O)[C@H](C)[C@H](c2ccccc2)N[C@H](c2ccccc2)[C@@H]1CCC. The lowest BCUT2D eigenvalue weighted by Gasteiger charge is -2.53. The minimum absolute atomic E-state index is 0.157. The molecule has 2 aromatic rings. The first-order valence-electron chi connectivity index (χ1n) is 13.2. The fourth-order valence-electron chi connectivity index (χ4n) is 5.91. The molecule has 2 nitrogen and oxygen atoms in total. The average molecular weight is 436 g/mol. The molecule has 0 unspecified atom stereocenters. The Morgan fingerprint density at radius 2 is 1.25 bits per heavy atom.